The summed E-state index contributed by atoms with van der Waals surface area (Å²) in [5.41, 5.74) is 3.99. The van der Waals surface area contributed by atoms with E-state index < -0.39 is 4.87 Å². The van der Waals surface area contributed by atoms with E-state index in [9.17, 15) is 9.59 Å². The van der Waals surface area contributed by atoms with Crippen molar-refractivity contribution in [2.24, 2.45) is 5.92 Å². The Hall–Kier alpha value is -1.98. The molecule has 1 saturated carbocycles. The van der Waals surface area contributed by atoms with Crippen LogP contribution in [-0.4, -0.2) is 29.0 Å². The Balaban J connectivity index is 1.56. The summed E-state index contributed by atoms with van der Waals surface area (Å²) in [6, 6.07) is 13.9. The number of amides is 2. The maximum absolute atomic E-state index is 14.0. The van der Waals surface area contributed by atoms with Gasteiger partial charge in [-0.15, -0.1) is 11.8 Å². The minimum Gasteiger partial charge on any atom is -0.315 e. The van der Waals surface area contributed by atoms with Gasteiger partial charge in [-0.2, -0.15) is 0 Å². The second kappa shape index (κ2) is 7.61. The van der Waals surface area contributed by atoms with Crippen LogP contribution in [0.3, 0.4) is 0 Å². The number of aryl methyl sites for hydroxylation is 1. The lowest BCUT2D eigenvalue weighted by molar-refractivity contribution is -0.143. The molecule has 1 aliphatic carbocycles. The van der Waals surface area contributed by atoms with Gasteiger partial charge in [0.15, 0.2) is 4.87 Å². The van der Waals surface area contributed by atoms with Gasteiger partial charge in [0.05, 0.1) is 12.2 Å². The van der Waals surface area contributed by atoms with E-state index in [4.69, 9.17) is 11.6 Å². The molecule has 0 N–H and O–H groups in total. The van der Waals surface area contributed by atoms with Gasteiger partial charge in [-0.25, -0.2) is 0 Å². The third kappa shape index (κ3) is 3.05. The van der Waals surface area contributed by atoms with E-state index >= 15 is 0 Å². The lowest BCUT2D eigenvalue weighted by atomic mass is 10.0. The number of fused-ring (bicyclic) bond motifs is 2. The molecule has 156 valence electrons. The van der Waals surface area contributed by atoms with Crippen molar-refractivity contribution >= 4 is 40.9 Å². The summed E-state index contributed by atoms with van der Waals surface area (Å²) in [5, 5.41) is 0.596. The molecule has 0 aromatic heterocycles. The van der Waals surface area contributed by atoms with Crippen molar-refractivity contribution in [1.29, 1.82) is 0 Å². The van der Waals surface area contributed by atoms with Crippen LogP contribution in [0.5, 0.6) is 0 Å². The molecular formula is C24H25ClN2O2S. The van der Waals surface area contributed by atoms with Crippen molar-refractivity contribution in [2.45, 2.75) is 44.0 Å². The average molecular weight is 441 g/mol. The van der Waals surface area contributed by atoms with Crippen LogP contribution in [0.1, 0.15) is 42.4 Å². The van der Waals surface area contributed by atoms with Crippen molar-refractivity contribution in [3.05, 3.63) is 64.2 Å². The Labute approximate surface area is 186 Å². The fraction of sp³-hybridized carbons (Fsp3) is 0.417. The molecule has 0 radical (unpaired) electrons. The molecule has 4 nitrogen and oxygen atoms in total. The zero-order chi connectivity index (χ0) is 20.9. The Morgan fingerprint density at radius 3 is 2.63 bits per heavy atom. The first-order valence-electron chi connectivity index (χ1n) is 10.6. The van der Waals surface area contributed by atoms with E-state index in [0.717, 1.165) is 48.3 Å². The highest BCUT2D eigenvalue weighted by Gasteiger charge is 2.60. The predicted octanol–water partition coefficient (Wildman–Crippen LogP) is 5.11. The predicted molar refractivity (Wildman–Crippen MR) is 122 cm³/mol. The molecule has 2 aromatic carbocycles. The Bertz CT molecular complexity index is 1000. The van der Waals surface area contributed by atoms with Crippen LogP contribution in [0, 0.1) is 12.8 Å². The van der Waals surface area contributed by atoms with Crippen molar-refractivity contribution in [2.75, 3.05) is 17.2 Å². The van der Waals surface area contributed by atoms with Gasteiger partial charge in [0, 0.05) is 28.8 Å². The first-order valence-corrected chi connectivity index (χ1v) is 12.0. The number of rotatable bonds is 3. The number of carbonyl (C=O) groups is 2. The molecule has 2 aromatic rings. The molecule has 2 fully saturated rings. The summed E-state index contributed by atoms with van der Waals surface area (Å²) >= 11 is 7.95. The highest BCUT2D eigenvalue weighted by atomic mass is 35.5. The molecule has 2 amide bonds. The normalized spacial score (nSPS) is 23.6. The molecule has 30 heavy (non-hydrogen) atoms. The fourth-order valence-corrected chi connectivity index (χ4v) is 6.67. The number of halogens is 1. The molecule has 5 rings (SSSR count). The molecule has 1 saturated heterocycles. The molecule has 6 heteroatoms. The third-order valence-electron chi connectivity index (χ3n) is 6.59. The van der Waals surface area contributed by atoms with Crippen molar-refractivity contribution in [3.63, 3.8) is 0 Å². The second-order valence-electron chi connectivity index (χ2n) is 8.50. The Morgan fingerprint density at radius 2 is 1.90 bits per heavy atom. The molecule has 1 atom stereocenters. The topological polar surface area (TPSA) is 40.6 Å². The van der Waals surface area contributed by atoms with Gasteiger partial charge in [-0.3, -0.25) is 9.59 Å². The van der Waals surface area contributed by atoms with Crippen LogP contribution < -0.4 is 4.90 Å². The molecule has 3 aliphatic rings. The van der Waals surface area contributed by atoms with Crippen molar-refractivity contribution in [3.8, 4) is 0 Å². The Kier molecular flexibility index (Phi) is 5.06. The first-order chi connectivity index (χ1) is 14.5. The average Bonchev–Trinajstić information content (AvgIpc) is 3.47. The van der Waals surface area contributed by atoms with Crippen LogP contribution in [0.4, 0.5) is 5.69 Å². The van der Waals surface area contributed by atoms with E-state index in [1.165, 1.54) is 5.56 Å². The number of hydrogen-bond acceptors (Lipinski definition) is 3. The van der Waals surface area contributed by atoms with E-state index in [0.29, 0.717) is 18.1 Å². The fourth-order valence-electron chi connectivity index (χ4n) is 5.03. The smallest absolute Gasteiger partial charge is 0.268 e. The molecular weight excluding hydrogens is 416 g/mol. The minimum atomic E-state index is -0.982. The molecule has 0 unspecified atom stereocenters. The highest BCUT2D eigenvalue weighted by molar-refractivity contribution is 8.01. The summed E-state index contributed by atoms with van der Waals surface area (Å²) in [6.45, 7) is 3.15. The molecule has 0 bridgehead atoms. The van der Waals surface area contributed by atoms with Crippen LogP contribution >= 0.6 is 23.4 Å². The SMILES string of the molecule is Cc1ccc(CN2C(=O)[C@]3(SCCN3C(=O)C3CCCC3)c3cc(Cl)ccc32)cc1. The minimum absolute atomic E-state index is 0.0193. The van der Waals surface area contributed by atoms with Gasteiger partial charge in [-0.05, 0) is 43.5 Å². The number of hydrogen-bond donors (Lipinski definition) is 0. The lowest BCUT2D eigenvalue weighted by Crippen LogP contribution is -2.51. The Morgan fingerprint density at radius 1 is 1.17 bits per heavy atom. The van der Waals surface area contributed by atoms with Gasteiger partial charge >= 0.3 is 0 Å². The summed E-state index contributed by atoms with van der Waals surface area (Å²) in [5.74, 6) is 0.916. The second-order valence-corrected chi connectivity index (χ2v) is 10.2. The van der Waals surface area contributed by atoms with E-state index in [-0.39, 0.29) is 17.7 Å². The number of thioether (sulfide) groups is 1. The highest BCUT2D eigenvalue weighted by Crippen LogP contribution is 2.55. The number of carbonyl (C=O) groups excluding carboxylic acids is 2. The van der Waals surface area contributed by atoms with Gasteiger partial charge in [0.25, 0.3) is 5.91 Å². The van der Waals surface area contributed by atoms with Crippen LogP contribution in [0.2, 0.25) is 5.02 Å². The summed E-state index contributed by atoms with van der Waals surface area (Å²) in [4.78, 5) is 30.1. The summed E-state index contributed by atoms with van der Waals surface area (Å²) in [7, 11) is 0. The largest absolute Gasteiger partial charge is 0.315 e. The summed E-state index contributed by atoms with van der Waals surface area (Å²) in [6.07, 6.45) is 4.06. The van der Waals surface area contributed by atoms with Crippen molar-refractivity contribution < 1.29 is 9.59 Å². The molecule has 1 spiro atoms. The first kappa shape index (κ1) is 20.0. The van der Waals surface area contributed by atoms with Gasteiger partial charge in [0.2, 0.25) is 5.91 Å². The van der Waals surface area contributed by atoms with Gasteiger partial charge in [-0.1, -0.05) is 54.3 Å². The van der Waals surface area contributed by atoms with Gasteiger partial charge in [0.1, 0.15) is 0 Å². The van der Waals surface area contributed by atoms with E-state index in [1.807, 2.05) is 28.0 Å². The van der Waals surface area contributed by atoms with E-state index in [2.05, 4.69) is 31.2 Å². The van der Waals surface area contributed by atoms with Crippen LogP contribution in [0.15, 0.2) is 42.5 Å². The van der Waals surface area contributed by atoms with E-state index in [1.54, 1.807) is 11.8 Å². The van der Waals surface area contributed by atoms with Crippen LogP contribution in [-0.2, 0) is 21.0 Å². The summed E-state index contributed by atoms with van der Waals surface area (Å²) < 4.78 is 0. The van der Waals surface area contributed by atoms with Crippen molar-refractivity contribution in [1.82, 2.24) is 4.90 Å². The quantitative estimate of drug-likeness (QED) is 0.665. The monoisotopic (exact) mass is 440 g/mol. The van der Waals surface area contributed by atoms with Crippen LogP contribution in [0.25, 0.3) is 0 Å². The maximum atomic E-state index is 14.0. The number of benzene rings is 2. The number of nitrogens with zero attached hydrogens (tertiary/aromatic N) is 2. The molecule has 2 heterocycles. The van der Waals surface area contributed by atoms with Gasteiger partial charge < -0.3 is 9.80 Å². The number of anilines is 1. The molecule has 2 aliphatic heterocycles. The standard InChI is InChI=1S/C24H25ClN2O2S/c1-16-6-8-17(9-7-16)15-26-21-11-10-19(25)14-20(21)24(23(26)29)27(12-13-30-24)22(28)18-4-2-3-5-18/h6-11,14,18H,2-5,12-13,15H2,1H3/t24-/m1/s1. The maximum Gasteiger partial charge on any atom is 0.268 e. The zero-order valence-electron chi connectivity index (χ0n) is 17.1. The third-order valence-corrected chi connectivity index (χ3v) is 8.24. The zero-order valence-corrected chi connectivity index (χ0v) is 18.6. The lowest BCUT2D eigenvalue weighted by Gasteiger charge is -2.35.